The number of amides is 1. The van der Waals surface area contributed by atoms with Crippen molar-refractivity contribution in [1.82, 2.24) is 24.7 Å². The molecule has 0 spiro atoms. The number of halogens is 3. The van der Waals surface area contributed by atoms with Crippen LogP contribution >= 0.6 is 0 Å². The molecule has 7 nitrogen and oxygen atoms in total. The number of alkyl halides is 3. The predicted molar refractivity (Wildman–Crippen MR) is 90.6 cm³/mol. The summed E-state index contributed by atoms with van der Waals surface area (Å²) in [6.07, 6.45) is 2.19. The largest absolute Gasteiger partial charge is 0.416 e. The minimum Gasteiger partial charge on any atom is -0.366 e. The average molecular weight is 374 g/mol. The fourth-order valence-electron chi connectivity index (χ4n) is 2.40. The second-order valence-corrected chi connectivity index (χ2v) is 5.67. The topological polar surface area (TPSA) is 99.6 Å². The fraction of sp³-hybridized carbons (Fsp3) is 0.118. The molecule has 0 atom stereocenters. The Morgan fingerprint density at radius 3 is 2.52 bits per heavy atom. The lowest BCUT2D eigenvalue weighted by Gasteiger charge is -2.09. The Hall–Kier alpha value is -3.56. The Balaban J connectivity index is 2.00. The molecule has 0 aliphatic heterocycles. The molecule has 0 aliphatic carbocycles. The minimum absolute atomic E-state index is 0.0762. The van der Waals surface area contributed by atoms with E-state index in [1.807, 2.05) is 0 Å². The van der Waals surface area contributed by atoms with Crippen molar-refractivity contribution in [2.24, 2.45) is 5.73 Å². The van der Waals surface area contributed by atoms with Gasteiger partial charge in [0.1, 0.15) is 12.7 Å². The molecular weight excluding hydrogens is 361 g/mol. The highest BCUT2D eigenvalue weighted by molar-refractivity contribution is 6.22. The number of nitrogens with two attached hydrogens (primary N) is 1. The molecule has 2 N–H and O–H groups in total. The number of carbonyl (C=O) groups excluding carboxylic acids is 1. The van der Waals surface area contributed by atoms with E-state index in [9.17, 15) is 18.0 Å². The van der Waals surface area contributed by atoms with Crippen molar-refractivity contribution in [3.05, 3.63) is 59.9 Å². The molecule has 27 heavy (non-hydrogen) atoms. The van der Waals surface area contributed by atoms with E-state index in [1.165, 1.54) is 35.9 Å². The number of hydrogen-bond donors (Lipinski definition) is 1. The monoisotopic (exact) mass is 374 g/mol. The smallest absolute Gasteiger partial charge is 0.366 e. The standard InChI is InChI=1S/C17H13F3N6O/c1-10-2-11(4-13(3-10)17(18,19)20)16-24-9-26(25-16)7-14(15(21)27)12-5-22-8-23-6-12/h2-9H,1H3,(H2,21,27)/b14-7+. The molecule has 0 bridgehead atoms. The summed E-state index contributed by atoms with van der Waals surface area (Å²) in [4.78, 5) is 23.3. The lowest BCUT2D eigenvalue weighted by molar-refractivity contribution is -0.137. The second-order valence-electron chi connectivity index (χ2n) is 5.67. The maximum atomic E-state index is 13.0. The first kappa shape index (κ1) is 18.2. The molecule has 0 aliphatic rings. The van der Waals surface area contributed by atoms with Crippen molar-refractivity contribution in [3.63, 3.8) is 0 Å². The van der Waals surface area contributed by atoms with Gasteiger partial charge in [0.2, 0.25) is 0 Å². The van der Waals surface area contributed by atoms with Crippen LogP contribution in [0.2, 0.25) is 0 Å². The zero-order chi connectivity index (χ0) is 19.6. The second kappa shape index (κ2) is 6.98. The Morgan fingerprint density at radius 1 is 1.19 bits per heavy atom. The molecule has 0 saturated heterocycles. The Bertz CT molecular complexity index is 1010. The van der Waals surface area contributed by atoms with Gasteiger partial charge in [-0.05, 0) is 30.7 Å². The highest BCUT2D eigenvalue weighted by Crippen LogP contribution is 2.32. The highest BCUT2D eigenvalue weighted by Gasteiger charge is 2.31. The van der Waals surface area contributed by atoms with Crippen molar-refractivity contribution in [1.29, 1.82) is 0 Å². The van der Waals surface area contributed by atoms with Gasteiger partial charge in [-0.15, -0.1) is 5.10 Å². The zero-order valence-corrected chi connectivity index (χ0v) is 14.0. The van der Waals surface area contributed by atoms with Crippen LogP contribution in [0.25, 0.3) is 23.2 Å². The lowest BCUT2D eigenvalue weighted by atomic mass is 10.1. The Labute approximate surface area is 151 Å². The van der Waals surface area contributed by atoms with E-state index in [0.717, 1.165) is 12.1 Å². The van der Waals surface area contributed by atoms with Gasteiger partial charge >= 0.3 is 6.18 Å². The van der Waals surface area contributed by atoms with Crippen LogP contribution in [0.5, 0.6) is 0 Å². The molecule has 0 saturated carbocycles. The van der Waals surface area contributed by atoms with Crippen molar-refractivity contribution < 1.29 is 18.0 Å². The molecule has 0 radical (unpaired) electrons. The van der Waals surface area contributed by atoms with Crippen LogP contribution in [0.15, 0.2) is 43.2 Å². The third-order valence-electron chi connectivity index (χ3n) is 3.57. The summed E-state index contributed by atoms with van der Waals surface area (Å²) >= 11 is 0. The first-order valence-electron chi connectivity index (χ1n) is 7.61. The lowest BCUT2D eigenvalue weighted by Crippen LogP contribution is -2.14. The van der Waals surface area contributed by atoms with E-state index >= 15 is 0 Å². The van der Waals surface area contributed by atoms with Crippen molar-refractivity contribution in [3.8, 4) is 11.4 Å². The van der Waals surface area contributed by atoms with E-state index < -0.39 is 17.6 Å². The number of aromatic nitrogens is 5. The molecule has 3 aromatic rings. The summed E-state index contributed by atoms with van der Waals surface area (Å²) < 4.78 is 40.2. The molecule has 2 heterocycles. The quantitative estimate of drug-likeness (QED) is 0.708. The molecule has 138 valence electrons. The maximum Gasteiger partial charge on any atom is 0.416 e. The van der Waals surface area contributed by atoms with Gasteiger partial charge in [0, 0.05) is 29.7 Å². The molecule has 3 rings (SSSR count). The van der Waals surface area contributed by atoms with E-state index in [0.29, 0.717) is 11.1 Å². The summed E-state index contributed by atoms with van der Waals surface area (Å²) in [7, 11) is 0. The van der Waals surface area contributed by atoms with Crippen LogP contribution in [-0.2, 0) is 11.0 Å². The van der Waals surface area contributed by atoms with E-state index in [1.54, 1.807) is 13.0 Å². The SMILES string of the molecule is Cc1cc(-c2ncn(/C=C(/C(N)=O)c3cncnc3)n2)cc(C(F)(F)F)c1. The number of carbonyl (C=O) groups is 1. The van der Waals surface area contributed by atoms with Crippen LogP contribution in [0.1, 0.15) is 16.7 Å². The Kier molecular flexibility index (Phi) is 4.72. The van der Waals surface area contributed by atoms with Gasteiger partial charge in [-0.2, -0.15) is 13.2 Å². The third-order valence-corrected chi connectivity index (χ3v) is 3.57. The minimum atomic E-state index is -4.48. The van der Waals surface area contributed by atoms with Crippen molar-refractivity contribution >= 4 is 17.7 Å². The average Bonchev–Trinajstić information content (AvgIpc) is 3.08. The van der Waals surface area contributed by atoms with Gasteiger partial charge in [0.05, 0.1) is 11.1 Å². The maximum absolute atomic E-state index is 13.0. The van der Waals surface area contributed by atoms with E-state index in [4.69, 9.17) is 5.73 Å². The van der Waals surface area contributed by atoms with Gasteiger partial charge < -0.3 is 5.73 Å². The zero-order valence-electron chi connectivity index (χ0n) is 14.0. The van der Waals surface area contributed by atoms with Gasteiger partial charge in [-0.3, -0.25) is 4.79 Å². The van der Waals surface area contributed by atoms with Crippen LogP contribution in [0.3, 0.4) is 0 Å². The molecule has 1 aromatic carbocycles. The van der Waals surface area contributed by atoms with Gasteiger partial charge in [0.25, 0.3) is 5.91 Å². The van der Waals surface area contributed by atoms with Crippen molar-refractivity contribution in [2.75, 3.05) is 0 Å². The fourth-order valence-corrected chi connectivity index (χ4v) is 2.40. The number of primary amides is 1. The molecule has 10 heteroatoms. The normalized spacial score (nSPS) is 12.2. The molecule has 0 unspecified atom stereocenters. The van der Waals surface area contributed by atoms with E-state index in [2.05, 4.69) is 20.1 Å². The van der Waals surface area contributed by atoms with Crippen LogP contribution in [-0.4, -0.2) is 30.6 Å². The summed E-state index contributed by atoms with van der Waals surface area (Å²) in [5.41, 5.74) is 5.66. The number of benzene rings is 1. The predicted octanol–water partition coefficient (Wildman–Crippen LogP) is 2.55. The Morgan fingerprint density at radius 2 is 1.89 bits per heavy atom. The number of nitrogens with zero attached hydrogens (tertiary/aromatic N) is 5. The molecule has 1 amide bonds. The summed E-state index contributed by atoms with van der Waals surface area (Å²) in [6, 6.07) is 3.55. The number of aryl methyl sites for hydroxylation is 1. The first-order valence-corrected chi connectivity index (χ1v) is 7.61. The van der Waals surface area contributed by atoms with Gasteiger partial charge in [-0.1, -0.05) is 0 Å². The molecule has 0 fully saturated rings. The van der Waals surface area contributed by atoms with Crippen LogP contribution < -0.4 is 5.73 Å². The highest BCUT2D eigenvalue weighted by atomic mass is 19.4. The summed E-state index contributed by atoms with van der Waals surface area (Å²) in [5, 5.41) is 4.11. The molecular formula is C17H13F3N6O. The number of rotatable bonds is 4. The third kappa shape index (κ3) is 4.17. The van der Waals surface area contributed by atoms with E-state index in [-0.39, 0.29) is 17.0 Å². The van der Waals surface area contributed by atoms with Crippen LogP contribution in [0.4, 0.5) is 13.2 Å². The van der Waals surface area contributed by atoms with Crippen LogP contribution in [0, 0.1) is 6.92 Å². The van der Waals surface area contributed by atoms with Gasteiger partial charge in [-0.25, -0.2) is 19.6 Å². The van der Waals surface area contributed by atoms with Gasteiger partial charge in [0.15, 0.2) is 5.82 Å². The summed E-state index contributed by atoms with van der Waals surface area (Å²) in [5.74, 6) is -0.662. The molecule has 2 aromatic heterocycles. The first-order chi connectivity index (χ1) is 12.7. The number of hydrogen-bond acceptors (Lipinski definition) is 5. The summed E-state index contributed by atoms with van der Waals surface area (Å²) in [6.45, 7) is 1.55. The van der Waals surface area contributed by atoms with Crippen molar-refractivity contribution in [2.45, 2.75) is 13.1 Å².